The first-order chi connectivity index (χ1) is 7.12. The maximum atomic E-state index is 12.0. The van der Waals surface area contributed by atoms with Gasteiger partial charge in [-0.3, -0.25) is 0 Å². The zero-order valence-corrected chi connectivity index (χ0v) is 8.98. The van der Waals surface area contributed by atoms with Gasteiger partial charge in [0.2, 0.25) is 0 Å². The number of aryl methyl sites for hydroxylation is 1. The number of imidazole rings is 1. The molecule has 0 N–H and O–H groups in total. The highest BCUT2D eigenvalue weighted by atomic mass is 32.2. The summed E-state index contributed by atoms with van der Waals surface area (Å²) < 4.78 is 25.2. The van der Waals surface area contributed by atoms with Crippen LogP contribution in [0.1, 0.15) is 5.56 Å². The van der Waals surface area contributed by atoms with Crippen molar-refractivity contribution >= 4 is 10.0 Å². The maximum absolute atomic E-state index is 12.0. The third-order valence-corrected chi connectivity index (χ3v) is 3.91. The first-order valence-corrected chi connectivity index (χ1v) is 5.85. The van der Waals surface area contributed by atoms with Crippen molar-refractivity contribution in [2.45, 2.75) is 11.8 Å². The Morgan fingerprint density at radius 2 is 2.00 bits per heavy atom. The maximum Gasteiger partial charge on any atom is 0.269 e. The molecule has 15 heavy (non-hydrogen) atoms. The van der Waals surface area contributed by atoms with Gasteiger partial charge in [-0.1, -0.05) is 18.2 Å². The number of aromatic nitrogens is 2. The van der Waals surface area contributed by atoms with Crippen molar-refractivity contribution in [1.82, 2.24) is 8.96 Å². The standard InChI is InChI=1S/C10H10N2O2S/c1-9-4-2-3-5-10(9)15(13,14)12-7-6-11-8-12/h2-8H,1H3. The van der Waals surface area contributed by atoms with E-state index in [4.69, 9.17) is 0 Å². The van der Waals surface area contributed by atoms with E-state index in [0.29, 0.717) is 4.90 Å². The largest absolute Gasteiger partial charge is 0.269 e. The molecule has 78 valence electrons. The van der Waals surface area contributed by atoms with Gasteiger partial charge in [-0.05, 0) is 18.6 Å². The van der Waals surface area contributed by atoms with Gasteiger partial charge in [-0.25, -0.2) is 17.4 Å². The van der Waals surface area contributed by atoms with Crippen LogP contribution in [0.25, 0.3) is 0 Å². The van der Waals surface area contributed by atoms with E-state index in [1.165, 1.54) is 18.7 Å². The van der Waals surface area contributed by atoms with Gasteiger partial charge in [-0.15, -0.1) is 0 Å². The van der Waals surface area contributed by atoms with Crippen molar-refractivity contribution in [3.63, 3.8) is 0 Å². The molecule has 0 radical (unpaired) electrons. The zero-order valence-electron chi connectivity index (χ0n) is 8.16. The first-order valence-electron chi connectivity index (χ1n) is 4.41. The predicted octanol–water partition coefficient (Wildman–Crippen LogP) is 1.43. The van der Waals surface area contributed by atoms with Gasteiger partial charge in [0.1, 0.15) is 6.33 Å². The minimum Gasteiger partial charge on any atom is -0.244 e. The zero-order chi connectivity index (χ0) is 10.9. The van der Waals surface area contributed by atoms with Crippen molar-refractivity contribution in [1.29, 1.82) is 0 Å². The first kappa shape index (κ1) is 9.92. The van der Waals surface area contributed by atoms with Gasteiger partial charge < -0.3 is 0 Å². The second-order valence-electron chi connectivity index (χ2n) is 3.16. The molecule has 0 bridgehead atoms. The van der Waals surface area contributed by atoms with E-state index in [2.05, 4.69) is 4.98 Å². The van der Waals surface area contributed by atoms with Crippen LogP contribution in [0.2, 0.25) is 0 Å². The molecule has 4 nitrogen and oxygen atoms in total. The fourth-order valence-corrected chi connectivity index (χ4v) is 2.69. The molecule has 0 spiro atoms. The summed E-state index contributed by atoms with van der Waals surface area (Å²) in [7, 11) is -3.47. The molecule has 2 aromatic rings. The number of rotatable bonds is 2. The molecular formula is C10H10N2O2S. The molecule has 0 atom stereocenters. The number of hydrogen-bond acceptors (Lipinski definition) is 3. The van der Waals surface area contributed by atoms with E-state index in [1.54, 1.807) is 25.1 Å². The van der Waals surface area contributed by atoms with Crippen molar-refractivity contribution in [2.75, 3.05) is 0 Å². The molecule has 0 saturated heterocycles. The molecule has 0 amide bonds. The summed E-state index contributed by atoms with van der Waals surface area (Å²) in [6.45, 7) is 1.77. The van der Waals surface area contributed by atoms with Crippen LogP contribution in [0.5, 0.6) is 0 Å². The Bertz CT molecular complexity index is 559. The number of hydrogen-bond donors (Lipinski definition) is 0. The molecule has 0 aliphatic carbocycles. The summed E-state index contributed by atoms with van der Waals surface area (Å²) >= 11 is 0. The molecule has 5 heteroatoms. The van der Waals surface area contributed by atoms with Crippen LogP contribution in [-0.2, 0) is 10.0 Å². The SMILES string of the molecule is Cc1ccccc1S(=O)(=O)n1ccnc1. The number of nitrogens with zero attached hydrogens (tertiary/aromatic N) is 2. The molecule has 0 unspecified atom stereocenters. The van der Waals surface area contributed by atoms with Gasteiger partial charge in [0.25, 0.3) is 10.0 Å². The van der Waals surface area contributed by atoms with Crippen molar-refractivity contribution in [3.8, 4) is 0 Å². The molecular weight excluding hydrogens is 212 g/mol. The van der Waals surface area contributed by atoms with Gasteiger partial charge >= 0.3 is 0 Å². The molecule has 1 aromatic heterocycles. The van der Waals surface area contributed by atoms with Crippen molar-refractivity contribution in [3.05, 3.63) is 48.5 Å². The van der Waals surface area contributed by atoms with Crippen molar-refractivity contribution < 1.29 is 8.42 Å². The minimum absolute atomic E-state index is 0.308. The molecule has 0 aliphatic rings. The molecule has 0 fully saturated rings. The third kappa shape index (κ3) is 1.66. The lowest BCUT2D eigenvalue weighted by Crippen LogP contribution is -2.12. The van der Waals surface area contributed by atoms with Gasteiger partial charge in [0.15, 0.2) is 0 Å². The van der Waals surface area contributed by atoms with Crippen LogP contribution in [0, 0.1) is 6.92 Å². The number of benzene rings is 1. The average molecular weight is 222 g/mol. The Morgan fingerprint density at radius 1 is 1.27 bits per heavy atom. The van der Waals surface area contributed by atoms with E-state index in [-0.39, 0.29) is 0 Å². The van der Waals surface area contributed by atoms with Crippen LogP contribution < -0.4 is 0 Å². The van der Waals surface area contributed by atoms with E-state index in [0.717, 1.165) is 9.54 Å². The Balaban J connectivity index is 2.62. The van der Waals surface area contributed by atoms with Gasteiger partial charge in [-0.2, -0.15) is 0 Å². The summed E-state index contributed by atoms with van der Waals surface area (Å²) in [6, 6.07) is 6.87. The van der Waals surface area contributed by atoms with E-state index < -0.39 is 10.0 Å². The highest BCUT2D eigenvalue weighted by molar-refractivity contribution is 7.90. The molecule has 2 rings (SSSR count). The molecule has 0 aliphatic heterocycles. The summed E-state index contributed by atoms with van der Waals surface area (Å²) in [5, 5.41) is 0. The van der Waals surface area contributed by atoms with Crippen molar-refractivity contribution in [2.24, 2.45) is 0 Å². The smallest absolute Gasteiger partial charge is 0.244 e. The van der Waals surface area contributed by atoms with E-state index in [1.807, 2.05) is 6.07 Å². The quantitative estimate of drug-likeness (QED) is 0.772. The minimum atomic E-state index is -3.47. The fourth-order valence-electron chi connectivity index (χ4n) is 1.35. The molecule has 1 aromatic carbocycles. The fraction of sp³-hybridized carbons (Fsp3) is 0.100. The van der Waals surface area contributed by atoms with Crippen LogP contribution >= 0.6 is 0 Å². The highest BCUT2D eigenvalue weighted by Gasteiger charge is 2.17. The Labute approximate surface area is 88.3 Å². The Hall–Kier alpha value is -1.62. The monoisotopic (exact) mass is 222 g/mol. The van der Waals surface area contributed by atoms with Crippen LogP contribution in [0.4, 0.5) is 0 Å². The summed E-state index contributed by atoms with van der Waals surface area (Å²) in [5.41, 5.74) is 0.728. The topological polar surface area (TPSA) is 52.0 Å². The Kier molecular flexibility index (Phi) is 2.32. The van der Waals surface area contributed by atoms with Crippen LogP contribution in [0.15, 0.2) is 47.9 Å². The summed E-state index contributed by atoms with van der Waals surface area (Å²) in [6.07, 6.45) is 4.14. The second-order valence-corrected chi connectivity index (χ2v) is 4.97. The lowest BCUT2D eigenvalue weighted by Gasteiger charge is -2.07. The summed E-state index contributed by atoms with van der Waals surface area (Å²) in [4.78, 5) is 4.04. The van der Waals surface area contributed by atoms with E-state index >= 15 is 0 Å². The second kappa shape index (κ2) is 3.51. The molecule has 0 saturated carbocycles. The average Bonchev–Trinajstić information content (AvgIpc) is 2.71. The lowest BCUT2D eigenvalue weighted by molar-refractivity contribution is 0.586. The van der Waals surface area contributed by atoms with Crippen LogP contribution in [-0.4, -0.2) is 17.4 Å². The van der Waals surface area contributed by atoms with Crippen LogP contribution in [0.3, 0.4) is 0 Å². The highest BCUT2D eigenvalue weighted by Crippen LogP contribution is 2.16. The lowest BCUT2D eigenvalue weighted by atomic mass is 10.2. The van der Waals surface area contributed by atoms with E-state index in [9.17, 15) is 8.42 Å². The molecule has 1 heterocycles. The van der Waals surface area contributed by atoms with Gasteiger partial charge in [0.05, 0.1) is 4.90 Å². The predicted molar refractivity (Wildman–Crippen MR) is 56.0 cm³/mol. The summed E-state index contributed by atoms with van der Waals surface area (Å²) in [5.74, 6) is 0. The van der Waals surface area contributed by atoms with Gasteiger partial charge in [0, 0.05) is 12.4 Å². The normalized spacial score (nSPS) is 11.5. The Morgan fingerprint density at radius 3 is 2.60 bits per heavy atom. The third-order valence-electron chi connectivity index (χ3n) is 2.13.